The van der Waals surface area contributed by atoms with Crippen LogP contribution >= 0.6 is 0 Å². The van der Waals surface area contributed by atoms with Gasteiger partial charge in [0.2, 0.25) is 0 Å². The molecule has 1 aliphatic rings. The summed E-state index contributed by atoms with van der Waals surface area (Å²) in [6.45, 7) is 3.10. The molecule has 2 N–H and O–H groups in total. The van der Waals surface area contributed by atoms with Crippen molar-refractivity contribution < 1.29 is 4.79 Å². The standard InChI is InChI=1S/C22H28N4O/c1-16(27)8-7-13-21(23)26(2)15-14-24-22-17-9-3-5-11-19(17)25-20-12-6-4-10-18(20)22/h3-5,9-11,23H,6-8,12-15H2,1-2H3,(H,24,25). The summed E-state index contributed by atoms with van der Waals surface area (Å²) in [5.41, 5.74) is 4.52. The molecular weight excluding hydrogens is 336 g/mol. The Labute approximate surface area is 161 Å². The first-order valence-electron chi connectivity index (χ1n) is 9.66. The van der Waals surface area contributed by atoms with Gasteiger partial charge in [0.25, 0.3) is 0 Å². The van der Waals surface area contributed by atoms with Crippen molar-refractivity contribution in [1.82, 2.24) is 9.88 Å². The summed E-state index contributed by atoms with van der Waals surface area (Å²) in [6.07, 6.45) is 8.35. The molecule has 1 aliphatic carbocycles. The number of rotatable bonds is 8. The first-order valence-corrected chi connectivity index (χ1v) is 9.66. The number of nitrogens with one attached hydrogen (secondary N) is 2. The van der Waals surface area contributed by atoms with Crippen molar-refractivity contribution in [3.8, 4) is 0 Å². The number of hydrogen-bond donors (Lipinski definition) is 2. The highest BCUT2D eigenvalue weighted by atomic mass is 16.1. The number of nitrogens with zero attached hydrogens (tertiary/aromatic N) is 2. The van der Waals surface area contributed by atoms with E-state index in [1.54, 1.807) is 6.92 Å². The zero-order valence-electron chi connectivity index (χ0n) is 16.2. The van der Waals surface area contributed by atoms with Gasteiger partial charge in [-0.25, -0.2) is 0 Å². The van der Waals surface area contributed by atoms with E-state index in [1.165, 1.54) is 5.56 Å². The third-order valence-electron chi connectivity index (χ3n) is 4.99. The number of allylic oxidation sites excluding steroid dienone is 1. The number of hydrogen-bond acceptors (Lipinski definition) is 4. The fourth-order valence-electron chi connectivity index (χ4n) is 3.44. The number of carbonyl (C=O) groups excluding carboxylic acids is 1. The molecule has 5 nitrogen and oxygen atoms in total. The van der Waals surface area contributed by atoms with Crippen molar-refractivity contribution in [2.45, 2.75) is 39.0 Å². The van der Waals surface area contributed by atoms with Gasteiger partial charge in [-0.2, -0.15) is 0 Å². The van der Waals surface area contributed by atoms with Crippen LogP contribution in [0.1, 0.15) is 43.9 Å². The first-order chi connectivity index (χ1) is 13.1. The van der Waals surface area contributed by atoms with Crippen LogP contribution < -0.4 is 5.32 Å². The highest BCUT2D eigenvalue weighted by Crippen LogP contribution is 2.32. The molecule has 0 bridgehead atoms. The molecule has 27 heavy (non-hydrogen) atoms. The Morgan fingerprint density at radius 3 is 2.93 bits per heavy atom. The lowest BCUT2D eigenvalue weighted by Gasteiger charge is -2.22. The Bertz CT molecular complexity index is 872. The van der Waals surface area contributed by atoms with E-state index < -0.39 is 0 Å². The van der Waals surface area contributed by atoms with Crippen molar-refractivity contribution in [3.05, 3.63) is 41.6 Å². The van der Waals surface area contributed by atoms with E-state index in [2.05, 4.69) is 29.6 Å². The van der Waals surface area contributed by atoms with Crippen LogP contribution in [0.3, 0.4) is 0 Å². The minimum absolute atomic E-state index is 0.189. The molecule has 0 spiro atoms. The van der Waals surface area contributed by atoms with Crippen LogP contribution in [0.4, 0.5) is 5.69 Å². The van der Waals surface area contributed by atoms with E-state index in [9.17, 15) is 4.79 Å². The lowest BCUT2D eigenvalue weighted by molar-refractivity contribution is -0.117. The fraction of sp³-hybridized carbons (Fsp3) is 0.409. The van der Waals surface area contributed by atoms with E-state index in [0.29, 0.717) is 18.7 Å². The van der Waals surface area contributed by atoms with Gasteiger partial charge in [0, 0.05) is 43.9 Å². The van der Waals surface area contributed by atoms with Gasteiger partial charge < -0.3 is 15.0 Å². The largest absolute Gasteiger partial charge is 0.382 e. The Hall–Kier alpha value is -2.69. The van der Waals surface area contributed by atoms with Crippen LogP contribution in [0.2, 0.25) is 0 Å². The summed E-state index contributed by atoms with van der Waals surface area (Å²) in [4.78, 5) is 17.8. The molecule has 1 heterocycles. The fourth-order valence-corrected chi connectivity index (χ4v) is 3.44. The molecule has 2 aromatic rings. The lowest BCUT2D eigenvalue weighted by atomic mass is 9.98. The van der Waals surface area contributed by atoms with Gasteiger partial charge in [0.15, 0.2) is 0 Å². The predicted octanol–water partition coefficient (Wildman–Crippen LogP) is 4.27. The number of carbonyl (C=O) groups is 1. The number of amidine groups is 1. The molecule has 0 radical (unpaired) electrons. The number of anilines is 1. The monoisotopic (exact) mass is 364 g/mol. The Balaban J connectivity index is 1.66. The van der Waals surface area contributed by atoms with Crippen molar-refractivity contribution in [2.75, 3.05) is 25.5 Å². The van der Waals surface area contributed by atoms with Crippen LogP contribution in [-0.4, -0.2) is 41.6 Å². The second-order valence-electron chi connectivity index (χ2n) is 7.16. The second-order valence-corrected chi connectivity index (χ2v) is 7.16. The van der Waals surface area contributed by atoms with Crippen LogP contribution in [0.25, 0.3) is 17.0 Å². The normalized spacial score (nSPS) is 12.7. The maximum absolute atomic E-state index is 11.0. The predicted molar refractivity (Wildman–Crippen MR) is 112 cm³/mol. The molecule has 5 heteroatoms. The number of para-hydroxylation sites is 1. The molecule has 142 valence electrons. The number of fused-ring (bicyclic) bond motifs is 2. The molecule has 0 saturated heterocycles. The Morgan fingerprint density at radius 1 is 1.30 bits per heavy atom. The zero-order chi connectivity index (χ0) is 19.2. The molecule has 1 aromatic carbocycles. The van der Waals surface area contributed by atoms with Crippen molar-refractivity contribution >= 4 is 34.3 Å². The minimum atomic E-state index is 0.189. The topological polar surface area (TPSA) is 69.1 Å². The average molecular weight is 364 g/mol. The number of aryl methyl sites for hydroxylation is 1. The molecule has 3 rings (SSSR count). The molecule has 0 unspecified atom stereocenters. The van der Waals surface area contributed by atoms with Crippen LogP contribution in [0, 0.1) is 5.41 Å². The zero-order valence-corrected chi connectivity index (χ0v) is 16.2. The molecule has 0 amide bonds. The Kier molecular flexibility index (Phi) is 6.22. The number of pyridine rings is 1. The van der Waals surface area contributed by atoms with E-state index in [1.807, 2.05) is 24.1 Å². The molecule has 0 atom stereocenters. The number of likely N-dealkylation sites (N-methyl/N-ethyl adjacent to an activating group) is 1. The van der Waals surface area contributed by atoms with Gasteiger partial charge in [-0.3, -0.25) is 10.4 Å². The number of ketones is 1. The van der Waals surface area contributed by atoms with E-state index in [0.717, 1.165) is 54.6 Å². The third-order valence-corrected chi connectivity index (χ3v) is 4.99. The van der Waals surface area contributed by atoms with Gasteiger partial charge in [0.1, 0.15) is 5.78 Å². The van der Waals surface area contributed by atoms with Gasteiger partial charge >= 0.3 is 0 Å². The van der Waals surface area contributed by atoms with Gasteiger partial charge in [-0.05, 0) is 32.3 Å². The van der Waals surface area contributed by atoms with Gasteiger partial charge in [-0.1, -0.05) is 30.4 Å². The van der Waals surface area contributed by atoms with Crippen molar-refractivity contribution in [3.63, 3.8) is 0 Å². The average Bonchev–Trinajstić information content (AvgIpc) is 2.66. The Morgan fingerprint density at radius 2 is 2.11 bits per heavy atom. The van der Waals surface area contributed by atoms with Gasteiger partial charge in [0.05, 0.1) is 22.7 Å². The van der Waals surface area contributed by atoms with Gasteiger partial charge in [-0.15, -0.1) is 0 Å². The summed E-state index contributed by atoms with van der Waals surface area (Å²) in [5, 5.41) is 12.9. The smallest absolute Gasteiger partial charge is 0.129 e. The maximum atomic E-state index is 11.0. The molecule has 0 aliphatic heterocycles. The maximum Gasteiger partial charge on any atom is 0.129 e. The lowest BCUT2D eigenvalue weighted by Crippen LogP contribution is -2.31. The van der Waals surface area contributed by atoms with E-state index in [4.69, 9.17) is 10.4 Å². The van der Waals surface area contributed by atoms with E-state index >= 15 is 0 Å². The molecular formula is C22H28N4O. The quantitative estimate of drug-likeness (QED) is 0.542. The molecule has 0 fully saturated rings. The number of Topliss-reactive ketones (excluding diaryl/α,β-unsaturated/α-hetero) is 1. The van der Waals surface area contributed by atoms with Crippen molar-refractivity contribution in [1.29, 1.82) is 5.41 Å². The highest BCUT2D eigenvalue weighted by Gasteiger charge is 2.15. The molecule has 0 saturated carbocycles. The third kappa shape index (κ3) is 4.73. The van der Waals surface area contributed by atoms with Crippen LogP contribution in [-0.2, 0) is 11.2 Å². The summed E-state index contributed by atoms with van der Waals surface area (Å²) < 4.78 is 0. The number of benzene rings is 1. The minimum Gasteiger partial charge on any atom is -0.382 e. The second kappa shape index (κ2) is 8.80. The summed E-state index contributed by atoms with van der Waals surface area (Å²) in [5.74, 6) is 0.772. The first kappa shape index (κ1) is 19.1. The summed E-state index contributed by atoms with van der Waals surface area (Å²) >= 11 is 0. The summed E-state index contributed by atoms with van der Waals surface area (Å²) in [6, 6.07) is 8.25. The van der Waals surface area contributed by atoms with E-state index in [-0.39, 0.29) is 5.78 Å². The van der Waals surface area contributed by atoms with Crippen LogP contribution in [0.15, 0.2) is 30.3 Å². The van der Waals surface area contributed by atoms with Crippen molar-refractivity contribution in [2.24, 2.45) is 0 Å². The SMILES string of the molecule is CC(=O)CCCC(=N)N(C)CCNc1c2c(nc3ccccc13)CCC=C2. The van der Waals surface area contributed by atoms with Crippen LogP contribution in [0.5, 0.6) is 0 Å². The number of aromatic nitrogens is 1. The molecule has 1 aromatic heterocycles. The highest BCUT2D eigenvalue weighted by molar-refractivity contribution is 5.96. The summed E-state index contributed by atoms with van der Waals surface area (Å²) in [7, 11) is 1.94.